The molecule has 0 unspecified atom stereocenters. The Hall–Kier alpha value is -1.27. The summed E-state index contributed by atoms with van der Waals surface area (Å²) in [5.74, 6) is 0. The van der Waals surface area contributed by atoms with Crippen LogP contribution in [0.3, 0.4) is 0 Å². The molecule has 6 heteroatoms. The normalized spacial score (nSPS) is 11.3. The van der Waals surface area contributed by atoms with Gasteiger partial charge in [0, 0.05) is 6.54 Å². The summed E-state index contributed by atoms with van der Waals surface area (Å²) < 4.78 is 23.9. The van der Waals surface area contributed by atoms with E-state index in [-0.39, 0.29) is 0 Å². The maximum atomic E-state index is 10.8. The van der Waals surface area contributed by atoms with Crippen LogP contribution in [0.15, 0.2) is 29.4 Å². The zero-order valence-electron chi connectivity index (χ0n) is 8.30. The van der Waals surface area contributed by atoms with Crippen LogP contribution in [-0.2, 0) is 16.4 Å². The maximum Gasteiger partial charge on any atom is 0.208 e. The first-order chi connectivity index (χ1) is 7.01. The second-order valence-corrected chi connectivity index (χ2v) is 5.01. The molecule has 1 aromatic rings. The van der Waals surface area contributed by atoms with Crippen molar-refractivity contribution in [3.05, 3.63) is 34.7 Å². The molecule has 0 aliphatic rings. The standard InChI is InChI=1S/C9H12N2O3S/c1-15(13,14)10-6-5-8-3-2-4-9(7-8)11-12/h2-4,7,10H,5-6H2,1H3. The Labute approximate surface area is 88.5 Å². The lowest BCUT2D eigenvalue weighted by atomic mass is 10.1. The Kier molecular flexibility index (Phi) is 3.93. The third kappa shape index (κ3) is 4.66. The number of hydrogen-bond donors (Lipinski definition) is 1. The van der Waals surface area contributed by atoms with E-state index in [0.29, 0.717) is 18.7 Å². The van der Waals surface area contributed by atoms with Gasteiger partial charge >= 0.3 is 0 Å². The molecule has 0 saturated heterocycles. The average Bonchev–Trinajstić information content (AvgIpc) is 2.16. The van der Waals surface area contributed by atoms with Gasteiger partial charge in [-0.3, -0.25) is 0 Å². The maximum absolute atomic E-state index is 10.8. The number of nitrogens with zero attached hydrogens (tertiary/aromatic N) is 1. The molecule has 0 saturated carbocycles. The lowest BCUT2D eigenvalue weighted by Gasteiger charge is -2.02. The third-order valence-corrected chi connectivity index (χ3v) is 2.52. The molecule has 0 radical (unpaired) electrons. The van der Waals surface area contributed by atoms with E-state index in [9.17, 15) is 13.3 Å². The number of nitroso groups, excluding NO2 is 1. The molecule has 5 nitrogen and oxygen atoms in total. The lowest BCUT2D eigenvalue weighted by Crippen LogP contribution is -2.24. The SMILES string of the molecule is CS(=O)(=O)NCCc1cccc(N=O)c1. The summed E-state index contributed by atoms with van der Waals surface area (Å²) in [4.78, 5) is 10.2. The van der Waals surface area contributed by atoms with Crippen molar-refractivity contribution < 1.29 is 8.42 Å². The lowest BCUT2D eigenvalue weighted by molar-refractivity contribution is 0.588. The van der Waals surface area contributed by atoms with Gasteiger partial charge in [-0.1, -0.05) is 12.1 Å². The zero-order valence-corrected chi connectivity index (χ0v) is 9.12. The molecule has 15 heavy (non-hydrogen) atoms. The summed E-state index contributed by atoms with van der Waals surface area (Å²) >= 11 is 0. The summed E-state index contributed by atoms with van der Waals surface area (Å²) in [5, 5.41) is 2.80. The molecule has 1 aromatic carbocycles. The highest BCUT2D eigenvalue weighted by atomic mass is 32.2. The minimum Gasteiger partial charge on any atom is -0.215 e. The Bertz CT molecular complexity index is 442. The highest BCUT2D eigenvalue weighted by Crippen LogP contribution is 2.13. The van der Waals surface area contributed by atoms with Gasteiger partial charge in [0.05, 0.1) is 6.26 Å². The summed E-state index contributed by atoms with van der Waals surface area (Å²) in [6.07, 6.45) is 1.65. The van der Waals surface area contributed by atoms with E-state index in [4.69, 9.17) is 0 Å². The van der Waals surface area contributed by atoms with Gasteiger partial charge in [-0.15, -0.1) is 4.91 Å². The van der Waals surface area contributed by atoms with Crippen LogP contribution in [0.25, 0.3) is 0 Å². The second-order valence-electron chi connectivity index (χ2n) is 3.18. The van der Waals surface area contributed by atoms with Crippen molar-refractivity contribution in [2.45, 2.75) is 6.42 Å². The average molecular weight is 228 g/mol. The van der Waals surface area contributed by atoms with Crippen LogP contribution >= 0.6 is 0 Å². The van der Waals surface area contributed by atoms with Crippen molar-refractivity contribution in [2.24, 2.45) is 5.18 Å². The van der Waals surface area contributed by atoms with Gasteiger partial charge in [0.1, 0.15) is 5.69 Å². The molecule has 0 aliphatic heterocycles. The largest absolute Gasteiger partial charge is 0.215 e. The molecular formula is C9H12N2O3S. The van der Waals surface area contributed by atoms with Gasteiger partial charge < -0.3 is 0 Å². The third-order valence-electron chi connectivity index (χ3n) is 1.79. The Morgan fingerprint density at radius 2 is 2.13 bits per heavy atom. The smallest absolute Gasteiger partial charge is 0.208 e. The topological polar surface area (TPSA) is 75.6 Å². The highest BCUT2D eigenvalue weighted by Gasteiger charge is 2.00. The van der Waals surface area contributed by atoms with E-state index >= 15 is 0 Å². The second kappa shape index (κ2) is 4.99. The van der Waals surface area contributed by atoms with Crippen LogP contribution in [0, 0.1) is 4.91 Å². The zero-order chi connectivity index (χ0) is 11.3. The predicted octanol–water partition coefficient (Wildman–Crippen LogP) is 1.18. The van der Waals surface area contributed by atoms with Gasteiger partial charge in [-0.2, -0.15) is 0 Å². The van der Waals surface area contributed by atoms with Crippen molar-refractivity contribution in [3.63, 3.8) is 0 Å². The number of hydrogen-bond acceptors (Lipinski definition) is 4. The van der Waals surface area contributed by atoms with Crippen molar-refractivity contribution in [2.75, 3.05) is 12.8 Å². The van der Waals surface area contributed by atoms with Gasteiger partial charge in [-0.05, 0) is 29.3 Å². The van der Waals surface area contributed by atoms with Crippen LogP contribution in [0.1, 0.15) is 5.56 Å². The Balaban J connectivity index is 2.54. The fourth-order valence-electron chi connectivity index (χ4n) is 1.15. The highest BCUT2D eigenvalue weighted by molar-refractivity contribution is 7.88. The first-order valence-electron chi connectivity index (χ1n) is 4.38. The number of benzene rings is 1. The minimum absolute atomic E-state index is 0.321. The first kappa shape index (κ1) is 11.8. The molecule has 0 atom stereocenters. The molecule has 0 bridgehead atoms. The predicted molar refractivity (Wildman–Crippen MR) is 58.4 cm³/mol. The Morgan fingerprint density at radius 1 is 1.40 bits per heavy atom. The van der Waals surface area contributed by atoms with Gasteiger partial charge in [0.2, 0.25) is 10.0 Å². The monoisotopic (exact) mass is 228 g/mol. The quantitative estimate of drug-likeness (QED) is 0.769. The molecule has 0 aliphatic carbocycles. The van der Waals surface area contributed by atoms with Crippen LogP contribution in [0.4, 0.5) is 5.69 Å². The molecule has 82 valence electrons. The number of rotatable bonds is 5. The van der Waals surface area contributed by atoms with Crippen molar-refractivity contribution >= 4 is 15.7 Å². The van der Waals surface area contributed by atoms with Crippen LogP contribution in [0.5, 0.6) is 0 Å². The molecule has 0 amide bonds. The van der Waals surface area contributed by atoms with Gasteiger partial charge in [0.25, 0.3) is 0 Å². The molecule has 0 spiro atoms. The summed E-state index contributed by atoms with van der Waals surface area (Å²) in [6.45, 7) is 0.321. The molecule has 0 fully saturated rings. The van der Waals surface area contributed by atoms with Gasteiger partial charge in [0.15, 0.2) is 0 Å². The summed E-state index contributed by atoms with van der Waals surface area (Å²) in [7, 11) is -3.15. The van der Waals surface area contributed by atoms with Crippen LogP contribution in [0.2, 0.25) is 0 Å². The first-order valence-corrected chi connectivity index (χ1v) is 6.27. The van der Waals surface area contributed by atoms with E-state index in [2.05, 4.69) is 9.90 Å². The molecule has 0 heterocycles. The number of sulfonamides is 1. The molecule has 1 rings (SSSR count). The fraction of sp³-hybridized carbons (Fsp3) is 0.333. The number of nitrogens with one attached hydrogen (secondary N) is 1. The van der Waals surface area contributed by atoms with E-state index in [1.54, 1.807) is 18.2 Å². The van der Waals surface area contributed by atoms with Crippen molar-refractivity contribution in [1.29, 1.82) is 0 Å². The van der Waals surface area contributed by atoms with E-state index in [0.717, 1.165) is 11.8 Å². The Morgan fingerprint density at radius 3 is 2.73 bits per heavy atom. The van der Waals surface area contributed by atoms with Crippen molar-refractivity contribution in [1.82, 2.24) is 4.72 Å². The van der Waals surface area contributed by atoms with E-state index < -0.39 is 10.0 Å². The van der Waals surface area contributed by atoms with Crippen LogP contribution < -0.4 is 4.72 Å². The fourth-order valence-corrected chi connectivity index (χ4v) is 1.62. The molecular weight excluding hydrogens is 216 g/mol. The van der Waals surface area contributed by atoms with E-state index in [1.807, 2.05) is 6.07 Å². The van der Waals surface area contributed by atoms with Crippen LogP contribution in [-0.4, -0.2) is 21.2 Å². The molecule has 0 aromatic heterocycles. The minimum atomic E-state index is -3.15. The van der Waals surface area contributed by atoms with E-state index in [1.165, 1.54) is 0 Å². The molecule has 1 N–H and O–H groups in total. The summed E-state index contributed by atoms with van der Waals surface area (Å²) in [5.41, 5.74) is 1.23. The van der Waals surface area contributed by atoms with Gasteiger partial charge in [-0.25, -0.2) is 13.1 Å². The summed E-state index contributed by atoms with van der Waals surface area (Å²) in [6, 6.07) is 6.77. The van der Waals surface area contributed by atoms with Crippen molar-refractivity contribution in [3.8, 4) is 0 Å².